The SMILES string of the molecule is C.CC1=C(/C=C/C(C)=C/C=C/C(C)=C/C=C/C=C(C)/C=C/C=C(C)/C=C/C2=C(C)C(=O)C(OC(=O)C(=O)O)CC2(C)C)C(C)(C)CC(OC(=O)CCC(=O)[O-])C1=O.[Na+]. The van der Waals surface area contributed by atoms with Crippen LogP contribution in [0.3, 0.4) is 0 Å². The summed E-state index contributed by atoms with van der Waals surface area (Å²) in [5, 5.41) is 19.5. The maximum atomic E-state index is 13.0. The van der Waals surface area contributed by atoms with E-state index in [4.69, 9.17) is 14.6 Å². The van der Waals surface area contributed by atoms with E-state index >= 15 is 0 Å². The van der Waals surface area contributed by atoms with Crippen molar-refractivity contribution in [2.45, 2.75) is 115 Å². The molecule has 0 saturated heterocycles. The van der Waals surface area contributed by atoms with E-state index in [1.165, 1.54) is 0 Å². The maximum Gasteiger partial charge on any atom is 1.00 e. The number of Topliss-reactive ketones (excluding diaryl/α,β-unsaturated/α-hetero) is 2. The number of hydrogen-bond donors (Lipinski definition) is 1. The molecular formula is C47H59NaO10. The first-order valence-corrected chi connectivity index (χ1v) is 18.5. The summed E-state index contributed by atoms with van der Waals surface area (Å²) in [7, 11) is 0. The Kier molecular flexibility index (Phi) is 22.4. The van der Waals surface area contributed by atoms with Gasteiger partial charge in [0.05, 0.1) is 6.42 Å². The molecule has 0 saturated carbocycles. The van der Waals surface area contributed by atoms with Gasteiger partial charge in [-0.05, 0) is 81.1 Å². The van der Waals surface area contributed by atoms with Gasteiger partial charge in [-0.25, -0.2) is 9.59 Å². The van der Waals surface area contributed by atoms with E-state index in [1.54, 1.807) is 13.8 Å². The molecule has 0 aliphatic heterocycles. The quantitative estimate of drug-likeness (QED) is 0.1000. The molecule has 0 aromatic carbocycles. The van der Waals surface area contributed by atoms with Crippen molar-refractivity contribution in [3.63, 3.8) is 0 Å². The van der Waals surface area contributed by atoms with Gasteiger partial charge < -0.3 is 24.5 Å². The number of esters is 2. The van der Waals surface area contributed by atoms with Crippen molar-refractivity contribution in [3.8, 4) is 0 Å². The van der Waals surface area contributed by atoms with E-state index in [-0.39, 0.29) is 55.6 Å². The van der Waals surface area contributed by atoms with Crippen LogP contribution in [0.2, 0.25) is 0 Å². The van der Waals surface area contributed by atoms with Gasteiger partial charge in [-0.2, -0.15) is 0 Å². The Morgan fingerprint density at radius 2 is 1.02 bits per heavy atom. The Morgan fingerprint density at radius 1 is 0.655 bits per heavy atom. The zero-order valence-corrected chi connectivity index (χ0v) is 37.2. The number of hydrogen-bond acceptors (Lipinski definition) is 9. The number of allylic oxidation sites excluding steroid dienone is 20. The van der Waals surface area contributed by atoms with E-state index in [0.717, 1.165) is 33.4 Å². The fraction of sp³-hybridized carbons (Fsp3) is 0.404. The van der Waals surface area contributed by atoms with Crippen molar-refractivity contribution in [3.05, 3.63) is 130 Å². The second-order valence-corrected chi connectivity index (χ2v) is 15.4. The van der Waals surface area contributed by atoms with Gasteiger partial charge in [0.25, 0.3) is 0 Å². The van der Waals surface area contributed by atoms with Gasteiger partial charge in [0, 0.05) is 18.8 Å². The molecule has 2 rings (SSSR count). The van der Waals surface area contributed by atoms with E-state index in [0.29, 0.717) is 17.6 Å². The van der Waals surface area contributed by atoms with Crippen LogP contribution in [0.15, 0.2) is 130 Å². The number of carbonyl (C=O) groups excluding carboxylic acids is 5. The third kappa shape index (κ3) is 17.1. The Morgan fingerprint density at radius 3 is 1.40 bits per heavy atom. The van der Waals surface area contributed by atoms with Crippen molar-refractivity contribution < 1.29 is 78.0 Å². The van der Waals surface area contributed by atoms with Crippen LogP contribution in [-0.2, 0) is 38.2 Å². The van der Waals surface area contributed by atoms with Crippen molar-refractivity contribution in [1.82, 2.24) is 0 Å². The fourth-order valence-corrected chi connectivity index (χ4v) is 6.36. The van der Waals surface area contributed by atoms with E-state index in [9.17, 15) is 33.9 Å². The molecule has 0 aromatic rings. The van der Waals surface area contributed by atoms with Gasteiger partial charge in [0.1, 0.15) is 0 Å². The topological polar surface area (TPSA) is 164 Å². The van der Waals surface area contributed by atoms with Crippen LogP contribution < -0.4 is 34.7 Å². The van der Waals surface area contributed by atoms with Crippen LogP contribution in [0.25, 0.3) is 0 Å². The molecular weight excluding hydrogens is 747 g/mol. The number of rotatable bonds is 15. The van der Waals surface area contributed by atoms with Crippen LogP contribution in [0.1, 0.15) is 102 Å². The third-order valence-electron chi connectivity index (χ3n) is 9.50. The number of carboxylic acid groups (broad SMARTS) is 2. The summed E-state index contributed by atoms with van der Waals surface area (Å²) in [4.78, 5) is 70.9. The van der Waals surface area contributed by atoms with E-state index in [1.807, 2.05) is 140 Å². The predicted octanol–water partition coefficient (Wildman–Crippen LogP) is 5.26. The summed E-state index contributed by atoms with van der Waals surface area (Å²) in [6.45, 7) is 19.1. The van der Waals surface area contributed by atoms with E-state index in [2.05, 4.69) is 0 Å². The number of carboxylic acids is 2. The molecule has 308 valence electrons. The molecule has 0 bridgehead atoms. The second-order valence-electron chi connectivity index (χ2n) is 15.4. The second kappa shape index (κ2) is 24.3. The van der Waals surface area contributed by atoms with Gasteiger partial charge >= 0.3 is 47.5 Å². The number of carbonyl (C=O) groups is 6. The van der Waals surface area contributed by atoms with Crippen LogP contribution in [-0.4, -0.2) is 52.8 Å². The molecule has 11 heteroatoms. The van der Waals surface area contributed by atoms with Crippen LogP contribution in [0.4, 0.5) is 0 Å². The predicted molar refractivity (Wildman–Crippen MR) is 221 cm³/mol. The standard InChI is InChI=1S/C46H56O10.CH4.Na/c1-29(17-13-19-31(3)21-23-35-33(5)41(50)37(27-45(35,7)8)55-40(49)26-25-39(47)48)15-11-12-16-30(2)18-14-20-32(4)22-24-36-34(6)42(51)38(28-46(36,9)10)56-44(54)43(52)53;;/h11-24,37-38H,25-28H2,1-10H3,(H,47,48)(H,52,53);1H4;/q;;+1/p-1/b12-11+,17-13+,18-14+,23-21+,24-22+,29-15+,30-16+,31-19+,32-20+;;. The number of aliphatic carboxylic acids is 2. The number of ketones is 2. The molecule has 0 amide bonds. The molecule has 0 radical (unpaired) electrons. The van der Waals surface area contributed by atoms with Crippen molar-refractivity contribution in [1.29, 1.82) is 0 Å². The Labute approximate surface area is 366 Å². The minimum Gasteiger partial charge on any atom is -0.550 e. The smallest absolute Gasteiger partial charge is 0.550 e. The Balaban J connectivity index is 0.0000162. The average molecular weight is 807 g/mol. The van der Waals surface area contributed by atoms with Crippen molar-refractivity contribution in [2.24, 2.45) is 10.8 Å². The van der Waals surface area contributed by atoms with E-state index < -0.39 is 59.1 Å². The molecule has 2 aliphatic carbocycles. The summed E-state index contributed by atoms with van der Waals surface area (Å²) in [5.74, 6) is -5.91. The van der Waals surface area contributed by atoms with Gasteiger partial charge in [-0.1, -0.05) is 142 Å². The molecule has 0 heterocycles. The van der Waals surface area contributed by atoms with Crippen molar-refractivity contribution >= 4 is 35.4 Å². The Hall–Kier alpha value is -4.64. The minimum atomic E-state index is -1.73. The minimum absolute atomic E-state index is 0. The summed E-state index contributed by atoms with van der Waals surface area (Å²) >= 11 is 0. The average Bonchev–Trinajstić information content (AvgIpc) is 3.09. The van der Waals surface area contributed by atoms with Crippen molar-refractivity contribution in [2.75, 3.05) is 0 Å². The van der Waals surface area contributed by atoms with Gasteiger partial charge in [0.2, 0.25) is 0 Å². The summed E-state index contributed by atoms with van der Waals surface area (Å²) in [6.07, 6.45) is 25.0. The summed E-state index contributed by atoms with van der Waals surface area (Å²) in [5.41, 5.74) is 5.70. The molecule has 2 atom stereocenters. The van der Waals surface area contributed by atoms with Gasteiger partial charge in [-0.15, -0.1) is 0 Å². The Bertz CT molecular complexity index is 1930. The summed E-state index contributed by atoms with van der Waals surface area (Å²) < 4.78 is 10.2. The molecule has 1 N–H and O–H groups in total. The largest absolute Gasteiger partial charge is 1.00 e. The fourth-order valence-electron chi connectivity index (χ4n) is 6.36. The zero-order chi connectivity index (χ0) is 42.4. The molecule has 2 aliphatic rings. The molecule has 10 nitrogen and oxygen atoms in total. The molecule has 0 spiro atoms. The van der Waals surface area contributed by atoms with Crippen LogP contribution >= 0.6 is 0 Å². The summed E-state index contributed by atoms with van der Waals surface area (Å²) in [6, 6.07) is 0. The normalized spacial score (nSPS) is 20.7. The molecule has 0 aromatic heterocycles. The monoisotopic (exact) mass is 806 g/mol. The maximum absolute atomic E-state index is 13.0. The van der Waals surface area contributed by atoms with Crippen LogP contribution in [0.5, 0.6) is 0 Å². The molecule has 58 heavy (non-hydrogen) atoms. The first kappa shape index (κ1) is 53.4. The van der Waals surface area contributed by atoms with Crippen LogP contribution in [0, 0.1) is 10.8 Å². The molecule has 2 unspecified atom stereocenters. The zero-order valence-electron chi connectivity index (χ0n) is 35.2. The third-order valence-corrected chi connectivity index (χ3v) is 9.50. The molecule has 0 fully saturated rings. The van der Waals surface area contributed by atoms with Gasteiger partial charge in [-0.3, -0.25) is 14.4 Å². The first-order valence-electron chi connectivity index (χ1n) is 18.5. The first-order chi connectivity index (χ1) is 26.0. The number of ether oxygens (including phenoxy) is 2. The van der Waals surface area contributed by atoms with Gasteiger partial charge in [0.15, 0.2) is 23.8 Å².